The molecule has 34 heavy (non-hydrogen) atoms. The molecule has 1 aliphatic heterocycles. The molecule has 1 aromatic heterocycles. The van der Waals surface area contributed by atoms with Crippen molar-refractivity contribution in [1.82, 2.24) is 14.9 Å². The summed E-state index contributed by atoms with van der Waals surface area (Å²) < 4.78 is 0. The molecule has 168 valence electrons. The maximum absolute atomic E-state index is 12.6. The number of likely N-dealkylation sites (tertiary alicyclic amines) is 1. The number of aromatic nitrogens is 2. The average molecular weight is 447 g/mol. The Bertz CT molecular complexity index is 1370. The Kier molecular flexibility index (Phi) is 6.33. The molecule has 5 nitrogen and oxygen atoms in total. The van der Waals surface area contributed by atoms with Crippen LogP contribution in [0.3, 0.4) is 0 Å². The fourth-order valence-electron chi connectivity index (χ4n) is 4.64. The maximum Gasteiger partial charge on any atom is 0.255 e. The minimum Gasteiger partial charge on any atom is -0.322 e. The van der Waals surface area contributed by atoms with Gasteiger partial charge >= 0.3 is 0 Å². The van der Waals surface area contributed by atoms with Gasteiger partial charge in [0.25, 0.3) is 5.91 Å². The van der Waals surface area contributed by atoms with Crippen molar-refractivity contribution in [3.63, 3.8) is 0 Å². The van der Waals surface area contributed by atoms with Gasteiger partial charge in [-0.1, -0.05) is 36.3 Å². The van der Waals surface area contributed by atoms with Crippen molar-refractivity contribution in [3.8, 4) is 23.0 Å². The molecule has 3 aromatic carbocycles. The number of para-hydroxylation sites is 1. The number of nitrogens with zero attached hydrogens (tertiary/aromatic N) is 3. The van der Waals surface area contributed by atoms with E-state index >= 15 is 0 Å². The largest absolute Gasteiger partial charge is 0.322 e. The Labute approximate surface area is 199 Å². The monoisotopic (exact) mass is 446 g/mol. The van der Waals surface area contributed by atoms with Crippen LogP contribution >= 0.6 is 0 Å². The zero-order chi connectivity index (χ0) is 23.3. The first kappa shape index (κ1) is 21.8. The Morgan fingerprint density at radius 2 is 1.91 bits per heavy atom. The zero-order valence-corrected chi connectivity index (χ0v) is 19.2. The van der Waals surface area contributed by atoms with Crippen molar-refractivity contribution in [2.24, 2.45) is 0 Å². The van der Waals surface area contributed by atoms with Crippen LogP contribution in [0.4, 0.5) is 5.69 Å². The second-order valence-electron chi connectivity index (χ2n) is 8.48. The molecule has 1 atom stereocenters. The van der Waals surface area contributed by atoms with Crippen molar-refractivity contribution in [2.75, 3.05) is 18.4 Å². The first-order valence-electron chi connectivity index (χ1n) is 11.6. The van der Waals surface area contributed by atoms with E-state index < -0.39 is 0 Å². The average Bonchev–Trinajstić information content (AvgIpc) is 3.36. The number of carbonyl (C=O) groups is 1. The molecule has 5 rings (SSSR count). The summed E-state index contributed by atoms with van der Waals surface area (Å²) in [6, 6.07) is 21.9. The minimum atomic E-state index is -0.121. The van der Waals surface area contributed by atoms with E-state index in [1.165, 1.54) is 5.56 Å². The molecule has 1 fully saturated rings. The van der Waals surface area contributed by atoms with E-state index in [0.717, 1.165) is 53.6 Å². The summed E-state index contributed by atoms with van der Waals surface area (Å²) in [6.45, 7) is 3.70. The minimum absolute atomic E-state index is 0.121. The van der Waals surface area contributed by atoms with Gasteiger partial charge in [-0.3, -0.25) is 9.69 Å². The molecule has 4 aromatic rings. The third-order valence-corrected chi connectivity index (χ3v) is 6.33. The van der Waals surface area contributed by atoms with Gasteiger partial charge in [0.1, 0.15) is 6.33 Å². The van der Waals surface area contributed by atoms with Crippen molar-refractivity contribution in [3.05, 3.63) is 90.4 Å². The lowest BCUT2D eigenvalue weighted by Crippen LogP contribution is -2.24. The Hall–Kier alpha value is -4.01. The van der Waals surface area contributed by atoms with Crippen LogP contribution in [0.5, 0.6) is 0 Å². The number of benzene rings is 3. The van der Waals surface area contributed by atoms with Crippen molar-refractivity contribution in [1.29, 1.82) is 0 Å². The summed E-state index contributed by atoms with van der Waals surface area (Å²) >= 11 is 0. The lowest BCUT2D eigenvalue weighted by Gasteiger charge is -2.24. The first-order valence-corrected chi connectivity index (χ1v) is 11.6. The van der Waals surface area contributed by atoms with E-state index in [9.17, 15) is 4.79 Å². The summed E-state index contributed by atoms with van der Waals surface area (Å²) in [5.74, 6) is 6.12. The smallest absolute Gasteiger partial charge is 0.255 e. The highest BCUT2D eigenvalue weighted by Crippen LogP contribution is 2.37. The Morgan fingerprint density at radius 3 is 2.71 bits per heavy atom. The van der Waals surface area contributed by atoms with Gasteiger partial charge in [-0.2, -0.15) is 0 Å². The summed E-state index contributed by atoms with van der Waals surface area (Å²) in [5, 5.41) is 3.96. The van der Waals surface area contributed by atoms with Crippen LogP contribution in [0.2, 0.25) is 0 Å². The Morgan fingerprint density at radius 1 is 1.09 bits per heavy atom. The molecule has 0 radical (unpaired) electrons. The van der Waals surface area contributed by atoms with Gasteiger partial charge in [-0.25, -0.2) is 9.97 Å². The number of fused-ring (bicyclic) bond motifs is 1. The van der Waals surface area contributed by atoms with Gasteiger partial charge in [0, 0.05) is 28.9 Å². The predicted molar refractivity (Wildman–Crippen MR) is 136 cm³/mol. The highest BCUT2D eigenvalue weighted by Gasteiger charge is 2.27. The van der Waals surface area contributed by atoms with Gasteiger partial charge in [0.15, 0.2) is 0 Å². The van der Waals surface area contributed by atoms with Gasteiger partial charge in [0.2, 0.25) is 0 Å². The van der Waals surface area contributed by atoms with Crippen LogP contribution < -0.4 is 5.32 Å². The van der Waals surface area contributed by atoms with Gasteiger partial charge in [0.05, 0.1) is 12.1 Å². The number of anilines is 1. The van der Waals surface area contributed by atoms with Crippen molar-refractivity contribution < 1.29 is 4.79 Å². The number of amides is 1. The first-order chi connectivity index (χ1) is 16.7. The quantitative estimate of drug-likeness (QED) is 0.399. The maximum atomic E-state index is 12.6. The summed E-state index contributed by atoms with van der Waals surface area (Å²) in [5.41, 5.74) is 5.78. The second kappa shape index (κ2) is 9.86. The van der Waals surface area contributed by atoms with E-state index in [2.05, 4.69) is 44.2 Å². The van der Waals surface area contributed by atoms with E-state index in [1.807, 2.05) is 67.7 Å². The molecule has 0 bridgehead atoms. The second-order valence-corrected chi connectivity index (χ2v) is 8.48. The van der Waals surface area contributed by atoms with E-state index in [4.69, 9.17) is 0 Å². The van der Waals surface area contributed by atoms with Gasteiger partial charge < -0.3 is 5.32 Å². The normalized spacial score (nSPS) is 15.6. The van der Waals surface area contributed by atoms with Crippen LogP contribution in [-0.4, -0.2) is 33.9 Å². The topological polar surface area (TPSA) is 58.1 Å². The molecule has 1 N–H and O–H groups in total. The zero-order valence-electron chi connectivity index (χ0n) is 19.2. The Balaban J connectivity index is 1.47. The molecule has 1 aliphatic rings. The van der Waals surface area contributed by atoms with E-state index in [-0.39, 0.29) is 11.9 Å². The van der Waals surface area contributed by atoms with Crippen LogP contribution in [-0.2, 0) is 0 Å². The molecule has 0 saturated carbocycles. The third kappa shape index (κ3) is 4.54. The molecule has 2 heterocycles. The van der Waals surface area contributed by atoms with E-state index in [1.54, 1.807) is 6.33 Å². The highest BCUT2D eigenvalue weighted by molar-refractivity contribution is 6.04. The molecule has 0 aliphatic carbocycles. The van der Waals surface area contributed by atoms with Crippen LogP contribution in [0.15, 0.2) is 79.3 Å². The SMILES string of the molecule is CC#CCN1CCCC1c1cc(-c2ccc(C(=O)Nc3ccccc3)cc2)cc2cncnc12. The molecular weight excluding hydrogens is 420 g/mol. The molecule has 1 amide bonds. The molecule has 1 saturated heterocycles. The summed E-state index contributed by atoms with van der Waals surface area (Å²) in [6.07, 6.45) is 5.74. The number of rotatable bonds is 5. The lowest BCUT2D eigenvalue weighted by atomic mass is 9.94. The van der Waals surface area contributed by atoms with Gasteiger partial charge in [-0.05, 0) is 79.4 Å². The fraction of sp³-hybridized carbons (Fsp3) is 0.207. The number of nitrogens with one attached hydrogen (secondary N) is 1. The number of hydrogen-bond acceptors (Lipinski definition) is 4. The standard InChI is InChI=1S/C29H26N4O/c1-2-3-15-33-16-7-10-27(33)26-18-23(17-24-19-30-20-31-28(24)26)21-11-13-22(14-12-21)29(34)32-25-8-5-4-6-9-25/h4-6,8-9,11-14,17-20,27H,7,10,15-16H2,1H3,(H,32,34). The summed E-state index contributed by atoms with van der Waals surface area (Å²) in [7, 11) is 0. The fourth-order valence-corrected chi connectivity index (χ4v) is 4.64. The molecular formula is C29H26N4O. The molecule has 1 unspecified atom stereocenters. The lowest BCUT2D eigenvalue weighted by molar-refractivity contribution is 0.102. The highest BCUT2D eigenvalue weighted by atomic mass is 16.1. The number of hydrogen-bond donors (Lipinski definition) is 1. The van der Waals surface area contributed by atoms with Crippen molar-refractivity contribution in [2.45, 2.75) is 25.8 Å². The van der Waals surface area contributed by atoms with Crippen LogP contribution in [0, 0.1) is 11.8 Å². The van der Waals surface area contributed by atoms with E-state index in [0.29, 0.717) is 5.56 Å². The van der Waals surface area contributed by atoms with Crippen molar-refractivity contribution >= 4 is 22.5 Å². The summed E-state index contributed by atoms with van der Waals surface area (Å²) in [4.78, 5) is 24.0. The third-order valence-electron chi connectivity index (χ3n) is 6.33. The van der Waals surface area contributed by atoms with Crippen LogP contribution in [0.25, 0.3) is 22.0 Å². The van der Waals surface area contributed by atoms with Gasteiger partial charge in [-0.15, -0.1) is 5.92 Å². The predicted octanol–water partition coefficient (Wildman–Crippen LogP) is 5.71. The number of carbonyl (C=O) groups excluding carboxylic acids is 1. The van der Waals surface area contributed by atoms with Crippen LogP contribution in [0.1, 0.15) is 41.7 Å². The molecule has 5 heteroatoms. The molecule has 0 spiro atoms.